The van der Waals surface area contributed by atoms with Crippen LogP contribution in [0.1, 0.15) is 36.2 Å². The number of amides is 1. The Bertz CT molecular complexity index is 723. The number of fused-ring (bicyclic) bond motifs is 1. The maximum atomic E-state index is 13.9. The fourth-order valence-corrected chi connectivity index (χ4v) is 3.35. The van der Waals surface area contributed by atoms with Gasteiger partial charge in [-0.25, -0.2) is 9.37 Å². The van der Waals surface area contributed by atoms with E-state index in [2.05, 4.69) is 26.2 Å². The first-order valence-corrected chi connectivity index (χ1v) is 8.09. The first kappa shape index (κ1) is 15.4. The van der Waals surface area contributed by atoms with Crippen LogP contribution < -0.4 is 5.32 Å². The minimum atomic E-state index is -0.529. The van der Waals surface area contributed by atoms with Crippen LogP contribution in [-0.2, 0) is 0 Å². The standard InChI is InChI=1S/C16H16BrFN2O2/c17-10-8-13(19-15-9(10)4-3-5-11(15)18)16(22)20-12-6-1-2-7-14(12)21/h3-5,8,12,14,21H,1-2,6-7H2,(H,20,22). The van der Waals surface area contributed by atoms with Gasteiger partial charge in [-0.15, -0.1) is 0 Å². The Morgan fingerprint density at radius 3 is 2.91 bits per heavy atom. The summed E-state index contributed by atoms with van der Waals surface area (Å²) < 4.78 is 14.5. The Morgan fingerprint density at radius 1 is 1.36 bits per heavy atom. The van der Waals surface area contributed by atoms with E-state index in [0.717, 1.165) is 19.3 Å². The van der Waals surface area contributed by atoms with Crippen molar-refractivity contribution in [2.75, 3.05) is 0 Å². The van der Waals surface area contributed by atoms with Crippen molar-refractivity contribution in [3.05, 3.63) is 40.2 Å². The molecule has 0 radical (unpaired) electrons. The highest BCUT2D eigenvalue weighted by Gasteiger charge is 2.25. The monoisotopic (exact) mass is 366 g/mol. The number of nitrogens with one attached hydrogen (secondary N) is 1. The van der Waals surface area contributed by atoms with Gasteiger partial charge in [0.1, 0.15) is 17.0 Å². The zero-order valence-electron chi connectivity index (χ0n) is 11.9. The highest BCUT2D eigenvalue weighted by molar-refractivity contribution is 9.10. The van der Waals surface area contributed by atoms with Gasteiger partial charge in [0, 0.05) is 9.86 Å². The van der Waals surface area contributed by atoms with Gasteiger partial charge in [-0.1, -0.05) is 40.9 Å². The number of pyridine rings is 1. The maximum Gasteiger partial charge on any atom is 0.270 e. The molecule has 1 heterocycles. The number of aliphatic hydroxyl groups excluding tert-OH is 1. The van der Waals surface area contributed by atoms with Crippen LogP contribution in [0.3, 0.4) is 0 Å². The van der Waals surface area contributed by atoms with Gasteiger partial charge in [-0.3, -0.25) is 4.79 Å². The third-order valence-electron chi connectivity index (χ3n) is 4.02. The molecular weight excluding hydrogens is 351 g/mol. The fourth-order valence-electron chi connectivity index (χ4n) is 2.81. The van der Waals surface area contributed by atoms with E-state index < -0.39 is 17.8 Å². The zero-order valence-corrected chi connectivity index (χ0v) is 13.4. The number of aromatic nitrogens is 1. The molecule has 0 spiro atoms. The van der Waals surface area contributed by atoms with Crippen LogP contribution in [-0.4, -0.2) is 28.1 Å². The summed E-state index contributed by atoms with van der Waals surface area (Å²) in [5.41, 5.74) is 0.300. The van der Waals surface area contributed by atoms with E-state index in [9.17, 15) is 14.3 Å². The van der Waals surface area contributed by atoms with Crippen molar-refractivity contribution >= 4 is 32.7 Å². The zero-order chi connectivity index (χ0) is 15.7. The fraction of sp³-hybridized carbons (Fsp3) is 0.375. The summed E-state index contributed by atoms with van der Waals surface area (Å²) in [5.74, 6) is -0.859. The van der Waals surface area contributed by atoms with Crippen molar-refractivity contribution in [1.29, 1.82) is 0 Å². The van der Waals surface area contributed by atoms with E-state index in [1.165, 1.54) is 6.07 Å². The minimum Gasteiger partial charge on any atom is -0.391 e. The molecule has 116 valence electrons. The van der Waals surface area contributed by atoms with Gasteiger partial charge in [-0.2, -0.15) is 0 Å². The van der Waals surface area contributed by atoms with E-state index >= 15 is 0 Å². The molecule has 1 aliphatic rings. The van der Waals surface area contributed by atoms with E-state index in [4.69, 9.17) is 0 Å². The first-order valence-electron chi connectivity index (χ1n) is 7.30. The summed E-state index contributed by atoms with van der Waals surface area (Å²) in [6.45, 7) is 0. The van der Waals surface area contributed by atoms with Gasteiger partial charge in [-0.05, 0) is 25.0 Å². The number of carbonyl (C=O) groups is 1. The Balaban J connectivity index is 1.89. The number of rotatable bonds is 2. The molecular formula is C16H16BrFN2O2. The molecule has 2 atom stereocenters. The van der Waals surface area contributed by atoms with Gasteiger partial charge < -0.3 is 10.4 Å². The SMILES string of the molecule is O=C(NC1CCCCC1O)c1cc(Br)c2cccc(F)c2n1. The Morgan fingerprint density at radius 2 is 2.14 bits per heavy atom. The lowest BCUT2D eigenvalue weighted by atomic mass is 9.92. The summed E-state index contributed by atoms with van der Waals surface area (Å²) in [7, 11) is 0. The Hall–Kier alpha value is -1.53. The molecule has 22 heavy (non-hydrogen) atoms. The Kier molecular flexibility index (Phi) is 4.40. The molecule has 1 amide bonds. The second-order valence-electron chi connectivity index (χ2n) is 5.56. The largest absolute Gasteiger partial charge is 0.391 e. The molecule has 3 rings (SSSR count). The van der Waals surface area contributed by atoms with Gasteiger partial charge in [0.2, 0.25) is 0 Å². The van der Waals surface area contributed by atoms with E-state index in [-0.39, 0.29) is 17.3 Å². The number of benzene rings is 1. The molecule has 1 aromatic carbocycles. The molecule has 1 aromatic heterocycles. The molecule has 2 unspecified atom stereocenters. The number of para-hydroxylation sites is 1. The number of hydrogen-bond donors (Lipinski definition) is 2. The number of hydrogen-bond acceptors (Lipinski definition) is 3. The molecule has 1 fully saturated rings. The maximum absolute atomic E-state index is 13.9. The van der Waals surface area contributed by atoms with Crippen LogP contribution in [0.4, 0.5) is 4.39 Å². The van der Waals surface area contributed by atoms with Crippen LogP contribution in [0.2, 0.25) is 0 Å². The summed E-state index contributed by atoms with van der Waals surface area (Å²) in [6.07, 6.45) is 2.85. The van der Waals surface area contributed by atoms with Crippen LogP contribution in [0.5, 0.6) is 0 Å². The molecule has 0 bridgehead atoms. The summed E-state index contributed by atoms with van der Waals surface area (Å²) in [6, 6.07) is 5.96. The van der Waals surface area contributed by atoms with Crippen molar-refractivity contribution in [2.45, 2.75) is 37.8 Å². The molecule has 1 saturated carbocycles. The number of halogens is 2. The van der Waals surface area contributed by atoms with E-state index in [1.54, 1.807) is 18.2 Å². The lowest BCUT2D eigenvalue weighted by Gasteiger charge is -2.28. The van der Waals surface area contributed by atoms with Crippen LogP contribution in [0.15, 0.2) is 28.7 Å². The predicted molar refractivity (Wildman–Crippen MR) is 85.1 cm³/mol. The predicted octanol–water partition coefficient (Wildman–Crippen LogP) is 3.17. The van der Waals surface area contributed by atoms with Crippen molar-refractivity contribution < 1.29 is 14.3 Å². The first-order chi connectivity index (χ1) is 10.6. The second-order valence-corrected chi connectivity index (χ2v) is 6.41. The minimum absolute atomic E-state index is 0.141. The Labute approximate surface area is 135 Å². The van der Waals surface area contributed by atoms with E-state index in [1.807, 2.05) is 0 Å². The van der Waals surface area contributed by atoms with Crippen LogP contribution >= 0.6 is 15.9 Å². The lowest BCUT2D eigenvalue weighted by molar-refractivity contribution is 0.0714. The van der Waals surface area contributed by atoms with Crippen molar-refractivity contribution in [3.63, 3.8) is 0 Å². The second kappa shape index (κ2) is 6.30. The van der Waals surface area contributed by atoms with Crippen LogP contribution in [0.25, 0.3) is 10.9 Å². The summed E-state index contributed by atoms with van der Waals surface area (Å²) >= 11 is 3.35. The van der Waals surface area contributed by atoms with Gasteiger partial charge in [0.25, 0.3) is 5.91 Å². The number of nitrogens with zero attached hydrogens (tertiary/aromatic N) is 1. The van der Waals surface area contributed by atoms with Crippen molar-refractivity contribution in [1.82, 2.24) is 10.3 Å². The molecule has 0 saturated heterocycles. The van der Waals surface area contributed by atoms with Crippen LogP contribution in [0, 0.1) is 5.82 Å². The highest BCUT2D eigenvalue weighted by atomic mass is 79.9. The third kappa shape index (κ3) is 2.98. The van der Waals surface area contributed by atoms with Crippen molar-refractivity contribution in [3.8, 4) is 0 Å². The summed E-state index contributed by atoms with van der Waals surface area (Å²) in [5, 5.41) is 13.4. The topological polar surface area (TPSA) is 62.2 Å². The average Bonchev–Trinajstić information content (AvgIpc) is 2.50. The molecule has 2 N–H and O–H groups in total. The quantitative estimate of drug-likeness (QED) is 0.857. The van der Waals surface area contributed by atoms with Crippen molar-refractivity contribution in [2.24, 2.45) is 0 Å². The molecule has 2 aromatic rings. The number of carbonyl (C=O) groups excluding carboxylic acids is 1. The third-order valence-corrected chi connectivity index (χ3v) is 4.67. The van der Waals surface area contributed by atoms with Gasteiger partial charge >= 0.3 is 0 Å². The smallest absolute Gasteiger partial charge is 0.270 e. The van der Waals surface area contributed by atoms with Gasteiger partial charge in [0.15, 0.2) is 0 Å². The highest BCUT2D eigenvalue weighted by Crippen LogP contribution is 2.26. The number of aliphatic hydroxyl groups is 1. The average molecular weight is 367 g/mol. The van der Waals surface area contributed by atoms with Gasteiger partial charge in [0.05, 0.1) is 12.1 Å². The lowest BCUT2D eigenvalue weighted by Crippen LogP contribution is -2.45. The molecule has 0 aliphatic heterocycles. The molecule has 4 nitrogen and oxygen atoms in total. The van der Waals surface area contributed by atoms with E-state index in [0.29, 0.717) is 16.3 Å². The molecule has 1 aliphatic carbocycles. The summed E-state index contributed by atoms with van der Waals surface area (Å²) in [4.78, 5) is 16.5. The normalized spacial score (nSPS) is 21.8. The molecule has 6 heteroatoms.